The summed E-state index contributed by atoms with van der Waals surface area (Å²) in [7, 11) is 1.66. The van der Waals surface area contributed by atoms with Gasteiger partial charge in [-0.25, -0.2) is 0 Å². The summed E-state index contributed by atoms with van der Waals surface area (Å²) in [5.41, 5.74) is 0.943. The van der Waals surface area contributed by atoms with Gasteiger partial charge in [-0.05, 0) is 12.1 Å². The molecule has 0 unspecified atom stereocenters. The summed E-state index contributed by atoms with van der Waals surface area (Å²) in [4.78, 5) is 0.813. The van der Waals surface area contributed by atoms with Gasteiger partial charge in [0.15, 0.2) is 5.82 Å². The van der Waals surface area contributed by atoms with Crippen molar-refractivity contribution in [3.8, 4) is 16.3 Å². The first-order valence-electron chi connectivity index (χ1n) is 6.36. The maximum atomic E-state index is 5.25. The van der Waals surface area contributed by atoms with Crippen molar-refractivity contribution in [1.29, 1.82) is 0 Å². The van der Waals surface area contributed by atoms with Crippen molar-refractivity contribution in [2.45, 2.75) is 26.2 Å². The number of rotatable bonds is 2. The van der Waals surface area contributed by atoms with Crippen LogP contribution in [0.15, 0.2) is 24.3 Å². The third kappa shape index (κ3) is 2.16. The molecular formula is C14H16N4OS. The number of fused-ring (bicyclic) bond motifs is 1. The minimum atomic E-state index is -0.0842. The number of aromatic nitrogens is 4. The second kappa shape index (κ2) is 4.56. The standard InChI is InChI=1S/C14H16N4OS/c1-14(2,3)12-15-16-13-18(12)17-11(20-13)9-6-5-7-10(8-9)19-4/h5-8H,1-4H3. The molecule has 2 aromatic heterocycles. The molecule has 0 N–H and O–H groups in total. The minimum Gasteiger partial charge on any atom is -0.497 e. The first kappa shape index (κ1) is 13.1. The molecule has 0 saturated carbocycles. The number of hydrogen-bond acceptors (Lipinski definition) is 5. The summed E-state index contributed by atoms with van der Waals surface area (Å²) in [5.74, 6) is 1.70. The molecule has 0 radical (unpaired) electrons. The Balaban J connectivity index is 2.11. The van der Waals surface area contributed by atoms with E-state index >= 15 is 0 Å². The average Bonchev–Trinajstić information content (AvgIpc) is 2.97. The largest absolute Gasteiger partial charge is 0.497 e. The fourth-order valence-electron chi connectivity index (χ4n) is 1.96. The van der Waals surface area contributed by atoms with Crippen LogP contribution in [-0.4, -0.2) is 26.9 Å². The number of methoxy groups -OCH3 is 1. The van der Waals surface area contributed by atoms with E-state index < -0.39 is 0 Å². The molecule has 2 heterocycles. The van der Waals surface area contributed by atoms with E-state index in [4.69, 9.17) is 4.74 Å². The highest BCUT2D eigenvalue weighted by atomic mass is 32.1. The third-order valence-electron chi connectivity index (χ3n) is 2.98. The Morgan fingerprint density at radius 2 is 2.00 bits per heavy atom. The van der Waals surface area contributed by atoms with E-state index in [0.29, 0.717) is 0 Å². The zero-order valence-electron chi connectivity index (χ0n) is 11.9. The Labute approximate surface area is 121 Å². The maximum Gasteiger partial charge on any atom is 0.235 e. The van der Waals surface area contributed by atoms with Gasteiger partial charge in [0.25, 0.3) is 0 Å². The minimum absolute atomic E-state index is 0.0842. The normalized spacial score (nSPS) is 12.0. The molecule has 3 aromatic rings. The number of ether oxygens (including phenoxy) is 1. The lowest BCUT2D eigenvalue weighted by atomic mass is 9.96. The van der Waals surface area contributed by atoms with E-state index in [0.717, 1.165) is 27.1 Å². The van der Waals surface area contributed by atoms with Crippen molar-refractivity contribution in [3.05, 3.63) is 30.1 Å². The van der Waals surface area contributed by atoms with Gasteiger partial charge in [-0.15, -0.1) is 10.2 Å². The van der Waals surface area contributed by atoms with Crippen LogP contribution in [0, 0.1) is 0 Å². The second-order valence-electron chi connectivity index (χ2n) is 5.61. The Morgan fingerprint density at radius 1 is 1.20 bits per heavy atom. The Bertz CT molecular complexity index is 754. The molecule has 3 rings (SSSR count). The number of hydrogen-bond donors (Lipinski definition) is 0. The van der Waals surface area contributed by atoms with Crippen molar-refractivity contribution < 1.29 is 4.74 Å². The Hall–Kier alpha value is -1.95. The molecule has 1 aromatic carbocycles. The van der Waals surface area contributed by atoms with Crippen LogP contribution in [0.2, 0.25) is 0 Å². The van der Waals surface area contributed by atoms with Gasteiger partial charge in [0.1, 0.15) is 10.8 Å². The summed E-state index contributed by atoms with van der Waals surface area (Å²) in [5, 5.41) is 14.0. The van der Waals surface area contributed by atoms with Crippen LogP contribution >= 0.6 is 11.3 Å². The lowest BCUT2D eigenvalue weighted by molar-refractivity contribution is 0.415. The van der Waals surface area contributed by atoms with Gasteiger partial charge in [-0.1, -0.05) is 44.2 Å². The van der Waals surface area contributed by atoms with Crippen molar-refractivity contribution >= 4 is 16.3 Å². The van der Waals surface area contributed by atoms with Crippen LogP contribution in [-0.2, 0) is 5.41 Å². The van der Waals surface area contributed by atoms with E-state index in [1.165, 1.54) is 11.3 Å². The third-order valence-corrected chi connectivity index (χ3v) is 3.93. The molecule has 0 aliphatic heterocycles. The molecular weight excluding hydrogens is 272 g/mol. The monoisotopic (exact) mass is 288 g/mol. The highest BCUT2D eigenvalue weighted by Gasteiger charge is 2.23. The molecule has 104 valence electrons. The first-order valence-corrected chi connectivity index (χ1v) is 7.18. The molecule has 0 amide bonds. The van der Waals surface area contributed by atoms with Gasteiger partial charge in [-0.3, -0.25) is 0 Å². The lowest BCUT2D eigenvalue weighted by Gasteiger charge is -2.13. The van der Waals surface area contributed by atoms with Gasteiger partial charge in [0.05, 0.1) is 7.11 Å². The molecule has 0 aliphatic rings. The van der Waals surface area contributed by atoms with Crippen LogP contribution < -0.4 is 4.74 Å². The van der Waals surface area contributed by atoms with Crippen LogP contribution in [0.4, 0.5) is 0 Å². The predicted molar refractivity (Wildman–Crippen MR) is 79.3 cm³/mol. The van der Waals surface area contributed by atoms with Crippen molar-refractivity contribution in [2.24, 2.45) is 0 Å². The molecule has 0 aliphatic carbocycles. The zero-order chi connectivity index (χ0) is 14.3. The summed E-state index contributed by atoms with van der Waals surface area (Å²) in [6.45, 7) is 6.32. The highest BCUT2D eigenvalue weighted by Crippen LogP contribution is 2.30. The maximum absolute atomic E-state index is 5.25. The smallest absolute Gasteiger partial charge is 0.235 e. The van der Waals surface area contributed by atoms with Gasteiger partial charge < -0.3 is 4.74 Å². The van der Waals surface area contributed by atoms with E-state index in [2.05, 4.69) is 36.1 Å². The van der Waals surface area contributed by atoms with Crippen LogP contribution in [0.5, 0.6) is 5.75 Å². The van der Waals surface area contributed by atoms with Crippen LogP contribution in [0.3, 0.4) is 0 Å². The lowest BCUT2D eigenvalue weighted by Crippen LogP contribution is -2.16. The summed E-state index contributed by atoms with van der Waals surface area (Å²) in [6.07, 6.45) is 0. The van der Waals surface area contributed by atoms with E-state index in [1.807, 2.05) is 28.8 Å². The van der Waals surface area contributed by atoms with Gasteiger partial charge >= 0.3 is 0 Å². The van der Waals surface area contributed by atoms with Crippen molar-refractivity contribution in [2.75, 3.05) is 7.11 Å². The topological polar surface area (TPSA) is 52.3 Å². The van der Waals surface area contributed by atoms with Crippen LogP contribution in [0.25, 0.3) is 15.5 Å². The Kier molecular flexibility index (Phi) is 2.97. The predicted octanol–water partition coefficient (Wildman–Crippen LogP) is 3.16. The average molecular weight is 288 g/mol. The van der Waals surface area contributed by atoms with Gasteiger partial charge in [0.2, 0.25) is 4.96 Å². The van der Waals surface area contributed by atoms with E-state index in [9.17, 15) is 0 Å². The summed E-state index contributed by atoms with van der Waals surface area (Å²) in [6, 6.07) is 7.87. The van der Waals surface area contributed by atoms with Gasteiger partial charge in [-0.2, -0.15) is 9.61 Å². The number of benzene rings is 1. The fourth-order valence-corrected chi connectivity index (χ4v) is 2.79. The van der Waals surface area contributed by atoms with E-state index in [-0.39, 0.29) is 5.41 Å². The summed E-state index contributed by atoms with van der Waals surface area (Å²) < 4.78 is 7.08. The molecule has 0 saturated heterocycles. The summed E-state index contributed by atoms with van der Waals surface area (Å²) >= 11 is 1.53. The molecule has 0 fully saturated rings. The molecule has 0 bridgehead atoms. The van der Waals surface area contributed by atoms with Gasteiger partial charge in [0, 0.05) is 11.0 Å². The molecule has 0 atom stereocenters. The van der Waals surface area contributed by atoms with Crippen molar-refractivity contribution in [3.63, 3.8) is 0 Å². The fraction of sp³-hybridized carbons (Fsp3) is 0.357. The first-order chi connectivity index (χ1) is 9.49. The van der Waals surface area contributed by atoms with Crippen molar-refractivity contribution in [1.82, 2.24) is 19.8 Å². The number of nitrogens with zero attached hydrogens (tertiary/aromatic N) is 4. The quantitative estimate of drug-likeness (QED) is 0.727. The molecule has 6 heteroatoms. The van der Waals surface area contributed by atoms with Crippen LogP contribution in [0.1, 0.15) is 26.6 Å². The Morgan fingerprint density at radius 3 is 2.70 bits per heavy atom. The second-order valence-corrected chi connectivity index (χ2v) is 6.56. The SMILES string of the molecule is COc1cccc(-c2nn3c(C(C)(C)C)nnc3s2)c1. The molecule has 5 nitrogen and oxygen atoms in total. The highest BCUT2D eigenvalue weighted by molar-refractivity contribution is 7.19. The molecule has 0 spiro atoms. The molecule has 20 heavy (non-hydrogen) atoms. The zero-order valence-corrected chi connectivity index (χ0v) is 12.7. The van der Waals surface area contributed by atoms with E-state index in [1.54, 1.807) is 7.11 Å².